The van der Waals surface area contributed by atoms with Crippen LogP contribution in [0.5, 0.6) is 0 Å². The molecule has 1 rings (SSSR count). The molecule has 0 heterocycles. The Balaban J connectivity index is 2.34. The lowest BCUT2D eigenvalue weighted by Gasteiger charge is -2.09. The van der Waals surface area contributed by atoms with E-state index in [0.29, 0.717) is 6.42 Å². The third kappa shape index (κ3) is 4.01. The number of nitrogens with zero attached hydrogens (tertiary/aromatic N) is 1. The van der Waals surface area contributed by atoms with Gasteiger partial charge in [-0.3, -0.25) is 0 Å². The standard InChI is InChI=1S/C12H14N2O2/c1-2-11(8-13)14-12(15)16-9-10-6-4-3-5-7-10/h3-7,11H,2,9H2,1H3,(H,14,15)/t11-/m1/s1. The first kappa shape index (κ1) is 12.1. The molecule has 0 radical (unpaired) electrons. The van der Waals surface area contributed by atoms with Gasteiger partial charge in [0, 0.05) is 0 Å². The fraction of sp³-hybridized carbons (Fsp3) is 0.333. The van der Waals surface area contributed by atoms with Gasteiger partial charge in [-0.1, -0.05) is 37.3 Å². The molecular weight excluding hydrogens is 204 g/mol. The topological polar surface area (TPSA) is 62.1 Å². The molecule has 1 amide bonds. The summed E-state index contributed by atoms with van der Waals surface area (Å²) in [5.41, 5.74) is 0.919. The number of benzene rings is 1. The predicted molar refractivity (Wildman–Crippen MR) is 59.5 cm³/mol. The van der Waals surface area contributed by atoms with Crippen molar-refractivity contribution in [1.82, 2.24) is 5.32 Å². The summed E-state index contributed by atoms with van der Waals surface area (Å²) in [7, 11) is 0. The SMILES string of the molecule is CC[C@H](C#N)NC(=O)OCc1ccccc1. The van der Waals surface area contributed by atoms with Gasteiger partial charge < -0.3 is 10.1 Å². The van der Waals surface area contributed by atoms with Gasteiger partial charge in [0.15, 0.2) is 0 Å². The minimum Gasteiger partial charge on any atom is -0.445 e. The average Bonchev–Trinajstić information content (AvgIpc) is 2.34. The number of amides is 1. The Morgan fingerprint density at radius 1 is 1.50 bits per heavy atom. The van der Waals surface area contributed by atoms with Crippen LogP contribution in [0, 0.1) is 11.3 Å². The molecule has 0 fully saturated rings. The number of rotatable bonds is 4. The Morgan fingerprint density at radius 2 is 2.19 bits per heavy atom. The molecule has 4 nitrogen and oxygen atoms in total. The number of alkyl carbamates (subject to hydrolysis) is 1. The second-order valence-corrected chi connectivity index (χ2v) is 3.30. The van der Waals surface area contributed by atoms with Gasteiger partial charge in [-0.15, -0.1) is 0 Å². The first-order valence-corrected chi connectivity index (χ1v) is 5.13. The summed E-state index contributed by atoms with van der Waals surface area (Å²) < 4.78 is 4.96. The van der Waals surface area contributed by atoms with E-state index >= 15 is 0 Å². The predicted octanol–water partition coefficient (Wildman–Crippen LogP) is 2.21. The van der Waals surface area contributed by atoms with Crippen LogP contribution in [0.4, 0.5) is 4.79 Å². The van der Waals surface area contributed by atoms with E-state index in [0.717, 1.165) is 5.56 Å². The molecule has 0 aliphatic heterocycles. The number of carbonyl (C=O) groups is 1. The molecule has 0 saturated carbocycles. The molecule has 1 aromatic rings. The van der Waals surface area contributed by atoms with Gasteiger partial charge in [0.25, 0.3) is 0 Å². The van der Waals surface area contributed by atoms with Crippen molar-refractivity contribution < 1.29 is 9.53 Å². The summed E-state index contributed by atoms with van der Waals surface area (Å²) in [5, 5.41) is 11.1. The molecule has 0 aliphatic rings. The van der Waals surface area contributed by atoms with Crippen molar-refractivity contribution in [1.29, 1.82) is 5.26 Å². The Bertz CT molecular complexity index is 370. The lowest BCUT2D eigenvalue weighted by atomic mass is 10.2. The molecule has 1 N–H and O–H groups in total. The number of ether oxygens (including phenoxy) is 1. The van der Waals surface area contributed by atoms with Crippen LogP contribution >= 0.6 is 0 Å². The van der Waals surface area contributed by atoms with E-state index in [9.17, 15) is 4.79 Å². The minimum absolute atomic E-state index is 0.217. The van der Waals surface area contributed by atoms with Gasteiger partial charge in [-0.05, 0) is 12.0 Å². The van der Waals surface area contributed by atoms with Crippen molar-refractivity contribution in [3.05, 3.63) is 35.9 Å². The number of nitriles is 1. The van der Waals surface area contributed by atoms with Gasteiger partial charge >= 0.3 is 6.09 Å². The molecule has 16 heavy (non-hydrogen) atoms. The zero-order chi connectivity index (χ0) is 11.8. The summed E-state index contributed by atoms with van der Waals surface area (Å²) in [6.45, 7) is 2.04. The van der Waals surface area contributed by atoms with E-state index in [1.807, 2.05) is 43.3 Å². The average molecular weight is 218 g/mol. The third-order valence-electron chi connectivity index (χ3n) is 2.07. The maximum atomic E-state index is 11.3. The van der Waals surface area contributed by atoms with Crippen LogP contribution in [0.2, 0.25) is 0 Å². The van der Waals surface area contributed by atoms with E-state index in [4.69, 9.17) is 10.00 Å². The van der Waals surface area contributed by atoms with E-state index in [2.05, 4.69) is 5.32 Å². The highest BCUT2D eigenvalue weighted by atomic mass is 16.5. The van der Waals surface area contributed by atoms with Gasteiger partial charge in [-0.2, -0.15) is 5.26 Å². The fourth-order valence-corrected chi connectivity index (χ4v) is 1.13. The first-order chi connectivity index (χ1) is 7.76. The molecular formula is C12H14N2O2. The van der Waals surface area contributed by atoms with E-state index in [1.54, 1.807) is 0 Å². The van der Waals surface area contributed by atoms with E-state index in [-0.39, 0.29) is 6.61 Å². The molecule has 0 bridgehead atoms. The summed E-state index contributed by atoms with van der Waals surface area (Å²) in [4.78, 5) is 11.3. The third-order valence-corrected chi connectivity index (χ3v) is 2.07. The normalized spacial score (nSPS) is 11.2. The molecule has 0 saturated heterocycles. The second kappa shape index (κ2) is 6.46. The molecule has 84 valence electrons. The summed E-state index contributed by atoms with van der Waals surface area (Å²) in [6, 6.07) is 10.9. The first-order valence-electron chi connectivity index (χ1n) is 5.13. The maximum Gasteiger partial charge on any atom is 0.408 e. The molecule has 1 atom stereocenters. The highest BCUT2D eigenvalue weighted by Crippen LogP contribution is 2.00. The van der Waals surface area contributed by atoms with Crippen LogP contribution in [0.3, 0.4) is 0 Å². The van der Waals surface area contributed by atoms with Gasteiger partial charge in [0.1, 0.15) is 12.6 Å². The minimum atomic E-state index is -0.558. The second-order valence-electron chi connectivity index (χ2n) is 3.30. The molecule has 4 heteroatoms. The Labute approximate surface area is 94.8 Å². The highest BCUT2D eigenvalue weighted by Gasteiger charge is 2.09. The van der Waals surface area contributed by atoms with Crippen molar-refractivity contribution in [3.8, 4) is 6.07 Å². The van der Waals surface area contributed by atoms with Gasteiger partial charge in [0.2, 0.25) is 0 Å². The number of hydrogen-bond donors (Lipinski definition) is 1. The van der Waals surface area contributed by atoms with Crippen LogP contribution < -0.4 is 5.32 Å². The van der Waals surface area contributed by atoms with Crippen LogP contribution in [0.25, 0.3) is 0 Å². The van der Waals surface area contributed by atoms with E-state index in [1.165, 1.54) is 0 Å². The number of nitrogens with one attached hydrogen (secondary N) is 1. The zero-order valence-corrected chi connectivity index (χ0v) is 9.14. The lowest BCUT2D eigenvalue weighted by Crippen LogP contribution is -2.33. The molecule has 0 unspecified atom stereocenters. The van der Waals surface area contributed by atoms with Crippen molar-refractivity contribution >= 4 is 6.09 Å². The fourth-order valence-electron chi connectivity index (χ4n) is 1.13. The lowest BCUT2D eigenvalue weighted by molar-refractivity contribution is 0.137. The number of carbonyl (C=O) groups excluding carboxylic acids is 1. The van der Waals surface area contributed by atoms with Crippen molar-refractivity contribution in [2.75, 3.05) is 0 Å². The molecule has 0 aromatic heterocycles. The number of hydrogen-bond acceptors (Lipinski definition) is 3. The largest absolute Gasteiger partial charge is 0.445 e. The van der Waals surface area contributed by atoms with Crippen LogP contribution in [0.1, 0.15) is 18.9 Å². The zero-order valence-electron chi connectivity index (χ0n) is 9.14. The monoisotopic (exact) mass is 218 g/mol. The molecule has 1 aromatic carbocycles. The highest BCUT2D eigenvalue weighted by molar-refractivity contribution is 5.68. The van der Waals surface area contributed by atoms with Crippen molar-refractivity contribution in [2.24, 2.45) is 0 Å². The quantitative estimate of drug-likeness (QED) is 0.842. The summed E-state index contributed by atoms with van der Waals surface area (Å²) in [6.07, 6.45) is 0.00831. The smallest absolute Gasteiger partial charge is 0.408 e. The van der Waals surface area contributed by atoms with Crippen LogP contribution in [-0.4, -0.2) is 12.1 Å². The van der Waals surface area contributed by atoms with Crippen molar-refractivity contribution in [2.45, 2.75) is 26.0 Å². The van der Waals surface area contributed by atoms with Crippen molar-refractivity contribution in [3.63, 3.8) is 0 Å². The van der Waals surface area contributed by atoms with Crippen LogP contribution in [0.15, 0.2) is 30.3 Å². The Morgan fingerprint density at radius 3 is 2.75 bits per heavy atom. The Hall–Kier alpha value is -2.02. The summed E-state index contributed by atoms with van der Waals surface area (Å²) in [5.74, 6) is 0. The Kier molecular flexibility index (Phi) is 4.87. The maximum absolute atomic E-state index is 11.3. The molecule has 0 aliphatic carbocycles. The molecule has 0 spiro atoms. The van der Waals surface area contributed by atoms with Gasteiger partial charge in [-0.25, -0.2) is 4.79 Å². The van der Waals surface area contributed by atoms with Crippen LogP contribution in [-0.2, 0) is 11.3 Å². The van der Waals surface area contributed by atoms with Gasteiger partial charge in [0.05, 0.1) is 6.07 Å². The summed E-state index contributed by atoms with van der Waals surface area (Å²) >= 11 is 0. The van der Waals surface area contributed by atoms with E-state index < -0.39 is 12.1 Å².